The van der Waals surface area contributed by atoms with Crippen molar-refractivity contribution < 1.29 is 18.7 Å². The number of likely N-dealkylation sites (tertiary alicyclic amines) is 1. The first-order valence-corrected chi connectivity index (χ1v) is 13.2. The van der Waals surface area contributed by atoms with Crippen molar-refractivity contribution >= 4 is 27.2 Å². The second-order valence-corrected chi connectivity index (χ2v) is 10.3. The maximum atomic E-state index is 14.6. The third-order valence-electron chi connectivity index (χ3n) is 6.73. The van der Waals surface area contributed by atoms with Crippen LogP contribution in [0.2, 0.25) is 0 Å². The van der Waals surface area contributed by atoms with Crippen LogP contribution in [-0.4, -0.2) is 44.0 Å². The zero-order valence-electron chi connectivity index (χ0n) is 20.7. The Bertz CT molecular complexity index is 1370. The Morgan fingerprint density at radius 2 is 1.78 bits per heavy atom. The molecule has 1 aliphatic heterocycles. The van der Waals surface area contributed by atoms with Gasteiger partial charge in [-0.25, -0.2) is 4.39 Å². The lowest BCUT2D eigenvalue weighted by Crippen LogP contribution is -2.33. The summed E-state index contributed by atoms with van der Waals surface area (Å²) in [6, 6.07) is 18.2. The minimum absolute atomic E-state index is 0.0869. The minimum atomic E-state index is -0.451. The number of halogens is 1. The van der Waals surface area contributed by atoms with E-state index >= 15 is 0 Å². The number of methoxy groups -OCH3 is 1. The monoisotopic (exact) mass is 503 g/mol. The predicted molar refractivity (Wildman–Crippen MR) is 144 cm³/mol. The van der Waals surface area contributed by atoms with Crippen LogP contribution in [-0.2, 0) is 0 Å². The van der Waals surface area contributed by atoms with E-state index in [4.69, 9.17) is 9.47 Å². The van der Waals surface area contributed by atoms with Gasteiger partial charge in [-0.1, -0.05) is 18.6 Å². The van der Waals surface area contributed by atoms with E-state index in [-0.39, 0.29) is 11.5 Å². The van der Waals surface area contributed by atoms with Gasteiger partial charge in [0.25, 0.3) is 0 Å². The molecule has 1 fully saturated rings. The first-order chi connectivity index (χ1) is 17.5. The molecular weight excluding hydrogens is 473 g/mol. The van der Waals surface area contributed by atoms with Crippen LogP contribution in [0, 0.1) is 12.7 Å². The summed E-state index contributed by atoms with van der Waals surface area (Å²) in [4.78, 5) is 17.0. The van der Waals surface area contributed by atoms with Gasteiger partial charge in [-0.2, -0.15) is 0 Å². The fourth-order valence-electron chi connectivity index (χ4n) is 4.76. The zero-order valence-corrected chi connectivity index (χ0v) is 21.5. The third kappa shape index (κ3) is 5.15. The highest BCUT2D eigenvalue weighted by Gasteiger charge is 2.22. The van der Waals surface area contributed by atoms with Crippen molar-refractivity contribution in [2.24, 2.45) is 0 Å². The third-order valence-corrected chi connectivity index (χ3v) is 7.93. The van der Waals surface area contributed by atoms with Gasteiger partial charge < -0.3 is 9.47 Å². The lowest BCUT2D eigenvalue weighted by Gasteiger charge is -2.26. The molecule has 0 amide bonds. The number of hydrogen-bond donors (Lipinski definition) is 0. The van der Waals surface area contributed by atoms with E-state index in [1.54, 1.807) is 12.1 Å². The molecular formula is C30H30FNO3S. The molecule has 1 aromatic heterocycles. The number of rotatable bonds is 8. The Morgan fingerprint density at radius 1 is 1.00 bits per heavy atom. The number of piperidine rings is 1. The Balaban J connectivity index is 1.41. The summed E-state index contributed by atoms with van der Waals surface area (Å²) in [6.07, 6.45) is 3.85. The summed E-state index contributed by atoms with van der Waals surface area (Å²) < 4.78 is 26.6. The molecule has 5 rings (SSSR count). The SMILES string of the molecule is COc1ccc(-c2sc3cc(C)ccc3c2C(=O)c2ccc(OCCN3CCCCC3)cc2)cc1F. The van der Waals surface area contributed by atoms with Crippen molar-refractivity contribution in [1.29, 1.82) is 0 Å². The van der Waals surface area contributed by atoms with Crippen molar-refractivity contribution in [3.63, 3.8) is 0 Å². The number of ketones is 1. The summed E-state index contributed by atoms with van der Waals surface area (Å²) in [7, 11) is 1.44. The van der Waals surface area contributed by atoms with Crippen LogP contribution < -0.4 is 9.47 Å². The van der Waals surface area contributed by atoms with Crippen molar-refractivity contribution in [1.82, 2.24) is 4.90 Å². The van der Waals surface area contributed by atoms with Gasteiger partial charge in [0.2, 0.25) is 0 Å². The van der Waals surface area contributed by atoms with Crippen LogP contribution in [0.4, 0.5) is 4.39 Å². The first kappa shape index (κ1) is 24.5. The molecule has 36 heavy (non-hydrogen) atoms. The van der Waals surface area contributed by atoms with Crippen molar-refractivity contribution in [3.8, 4) is 21.9 Å². The number of carbonyl (C=O) groups is 1. The van der Waals surface area contributed by atoms with Crippen LogP contribution in [0.3, 0.4) is 0 Å². The van der Waals surface area contributed by atoms with Crippen LogP contribution in [0.15, 0.2) is 60.7 Å². The topological polar surface area (TPSA) is 38.8 Å². The van der Waals surface area contributed by atoms with Crippen LogP contribution >= 0.6 is 11.3 Å². The van der Waals surface area contributed by atoms with E-state index in [1.165, 1.54) is 43.8 Å². The average molecular weight is 504 g/mol. The van der Waals surface area contributed by atoms with Crippen LogP contribution in [0.1, 0.15) is 40.7 Å². The van der Waals surface area contributed by atoms with E-state index in [1.807, 2.05) is 43.3 Å². The second-order valence-electron chi connectivity index (χ2n) is 9.26. The van der Waals surface area contributed by atoms with E-state index < -0.39 is 5.82 Å². The van der Waals surface area contributed by atoms with E-state index in [0.29, 0.717) is 23.3 Å². The second kappa shape index (κ2) is 10.8. The van der Waals surface area contributed by atoms with Gasteiger partial charge >= 0.3 is 0 Å². The van der Waals surface area contributed by atoms with E-state index in [2.05, 4.69) is 11.0 Å². The van der Waals surface area contributed by atoms with Gasteiger partial charge in [-0.15, -0.1) is 11.3 Å². The molecule has 0 N–H and O–H groups in total. The lowest BCUT2D eigenvalue weighted by atomic mass is 9.97. The molecule has 0 aliphatic carbocycles. The summed E-state index contributed by atoms with van der Waals surface area (Å²) in [5, 5.41) is 0.878. The number of nitrogens with zero attached hydrogens (tertiary/aromatic N) is 1. The van der Waals surface area contributed by atoms with Gasteiger partial charge in [0.15, 0.2) is 17.3 Å². The fourth-order valence-corrected chi connectivity index (χ4v) is 6.06. The number of aryl methyl sites for hydroxylation is 1. The average Bonchev–Trinajstić information content (AvgIpc) is 3.28. The molecule has 1 saturated heterocycles. The highest BCUT2D eigenvalue weighted by atomic mass is 32.1. The lowest BCUT2D eigenvalue weighted by molar-refractivity contribution is 0.104. The van der Waals surface area contributed by atoms with Crippen molar-refractivity contribution in [2.45, 2.75) is 26.2 Å². The Hall–Kier alpha value is -3.22. The summed E-state index contributed by atoms with van der Waals surface area (Å²) in [5.41, 5.74) is 2.95. The summed E-state index contributed by atoms with van der Waals surface area (Å²) in [5.74, 6) is 0.399. The number of hydrogen-bond acceptors (Lipinski definition) is 5. The predicted octanol–water partition coefficient (Wildman–Crippen LogP) is 7.12. The molecule has 3 aromatic carbocycles. The molecule has 0 atom stereocenters. The van der Waals surface area contributed by atoms with Gasteiger partial charge in [0.05, 0.1) is 7.11 Å². The van der Waals surface area contributed by atoms with Crippen molar-refractivity contribution in [2.75, 3.05) is 33.4 Å². The maximum absolute atomic E-state index is 14.6. The molecule has 2 heterocycles. The highest BCUT2D eigenvalue weighted by molar-refractivity contribution is 7.22. The number of ether oxygens (including phenoxy) is 2. The number of benzene rings is 3. The quantitative estimate of drug-likeness (QED) is 0.240. The fraction of sp³-hybridized carbons (Fsp3) is 0.300. The zero-order chi connectivity index (χ0) is 25.1. The van der Waals surface area contributed by atoms with Crippen LogP contribution in [0.5, 0.6) is 11.5 Å². The van der Waals surface area contributed by atoms with E-state index in [0.717, 1.165) is 45.9 Å². The van der Waals surface area contributed by atoms with Crippen molar-refractivity contribution in [3.05, 3.63) is 83.2 Å². The normalized spacial score (nSPS) is 14.2. The molecule has 0 bridgehead atoms. The van der Waals surface area contributed by atoms with Gasteiger partial charge in [0, 0.05) is 32.6 Å². The van der Waals surface area contributed by atoms with E-state index in [9.17, 15) is 9.18 Å². The van der Waals surface area contributed by atoms with Gasteiger partial charge in [-0.05, 0) is 92.5 Å². The molecule has 0 spiro atoms. The standard InChI is InChI=1S/C30H30FNO3S/c1-20-6-12-24-27(18-20)36-30(22-9-13-26(34-2)25(31)19-22)28(24)29(33)21-7-10-23(11-8-21)35-17-16-32-14-4-3-5-15-32/h6-13,18-19H,3-5,14-17H2,1-2H3. The highest BCUT2D eigenvalue weighted by Crippen LogP contribution is 2.41. The van der Waals surface area contributed by atoms with Gasteiger partial charge in [-0.3, -0.25) is 9.69 Å². The maximum Gasteiger partial charge on any atom is 0.195 e. The molecule has 0 unspecified atom stereocenters. The summed E-state index contributed by atoms with van der Waals surface area (Å²) >= 11 is 1.51. The largest absolute Gasteiger partial charge is 0.494 e. The number of fused-ring (bicyclic) bond motifs is 1. The summed E-state index contributed by atoms with van der Waals surface area (Å²) in [6.45, 7) is 5.87. The molecule has 4 nitrogen and oxygen atoms in total. The number of carbonyl (C=O) groups excluding carboxylic acids is 1. The minimum Gasteiger partial charge on any atom is -0.494 e. The molecule has 0 radical (unpaired) electrons. The Labute approximate surface area is 215 Å². The Kier molecular flexibility index (Phi) is 7.35. The molecule has 1 aliphatic rings. The van der Waals surface area contributed by atoms with Crippen LogP contribution in [0.25, 0.3) is 20.5 Å². The Morgan fingerprint density at radius 3 is 2.50 bits per heavy atom. The number of thiophene rings is 1. The molecule has 6 heteroatoms. The smallest absolute Gasteiger partial charge is 0.195 e. The molecule has 4 aromatic rings. The molecule has 0 saturated carbocycles. The first-order valence-electron chi connectivity index (χ1n) is 12.4. The van der Waals surface area contributed by atoms with Gasteiger partial charge in [0.1, 0.15) is 12.4 Å². The molecule has 186 valence electrons.